The lowest BCUT2D eigenvalue weighted by Crippen LogP contribution is -2.22. The molecule has 11 heteroatoms. The Bertz CT molecular complexity index is 1450. The maximum absolute atomic E-state index is 13.8. The minimum Gasteiger partial charge on any atom is -0.365 e. The standard InChI is InChI=1S/C23H20F4N4O2S/c1-30(2)34(32,33)19-8-6-16(7-9-19)21-22(31-10-4-3-5-20(31)29-21)28-14-15-11-17(23(25,26)27)13-18(24)12-15/h3-13,28H,14H2,1-2H3. The van der Waals surface area contributed by atoms with E-state index < -0.39 is 27.6 Å². The highest BCUT2D eigenvalue weighted by Gasteiger charge is 2.31. The van der Waals surface area contributed by atoms with Gasteiger partial charge in [0.2, 0.25) is 10.0 Å². The number of benzene rings is 2. The lowest BCUT2D eigenvalue weighted by molar-refractivity contribution is -0.137. The van der Waals surface area contributed by atoms with Gasteiger partial charge in [-0.25, -0.2) is 22.1 Å². The summed E-state index contributed by atoms with van der Waals surface area (Å²) < 4.78 is 80.6. The minimum atomic E-state index is -4.67. The fraction of sp³-hybridized carbons (Fsp3) is 0.174. The summed E-state index contributed by atoms with van der Waals surface area (Å²) in [6.45, 7) is -0.0936. The highest BCUT2D eigenvalue weighted by molar-refractivity contribution is 7.89. The van der Waals surface area contributed by atoms with Crippen molar-refractivity contribution in [3.8, 4) is 11.3 Å². The molecule has 0 bridgehead atoms. The molecular weight excluding hydrogens is 472 g/mol. The van der Waals surface area contributed by atoms with Gasteiger partial charge in [-0.05, 0) is 48.0 Å². The number of imidazole rings is 1. The summed E-state index contributed by atoms with van der Waals surface area (Å²) in [7, 11) is -0.743. The molecule has 0 radical (unpaired) electrons. The third-order valence-electron chi connectivity index (χ3n) is 5.18. The number of aromatic nitrogens is 2. The summed E-state index contributed by atoms with van der Waals surface area (Å²) >= 11 is 0. The van der Waals surface area contributed by atoms with Crippen LogP contribution in [0.4, 0.5) is 23.4 Å². The van der Waals surface area contributed by atoms with Crippen LogP contribution in [0.2, 0.25) is 0 Å². The van der Waals surface area contributed by atoms with Crippen LogP contribution in [0.15, 0.2) is 71.8 Å². The average molecular weight is 492 g/mol. The smallest absolute Gasteiger partial charge is 0.365 e. The zero-order valence-electron chi connectivity index (χ0n) is 18.1. The van der Waals surface area contributed by atoms with E-state index in [1.807, 2.05) is 0 Å². The van der Waals surface area contributed by atoms with Crippen molar-refractivity contribution in [2.75, 3.05) is 19.4 Å². The molecule has 34 heavy (non-hydrogen) atoms. The molecule has 0 aliphatic rings. The van der Waals surface area contributed by atoms with Crippen LogP contribution >= 0.6 is 0 Å². The maximum Gasteiger partial charge on any atom is 0.416 e. The van der Waals surface area contributed by atoms with E-state index in [-0.39, 0.29) is 17.0 Å². The summed E-state index contributed by atoms with van der Waals surface area (Å²) in [5, 5.41) is 3.06. The van der Waals surface area contributed by atoms with Gasteiger partial charge in [-0.3, -0.25) is 4.40 Å². The molecule has 0 unspecified atom stereocenters. The first-order valence-corrected chi connectivity index (χ1v) is 11.5. The third kappa shape index (κ3) is 4.62. The fourth-order valence-corrected chi connectivity index (χ4v) is 4.37. The Hall–Kier alpha value is -3.44. The van der Waals surface area contributed by atoms with E-state index in [0.29, 0.717) is 28.8 Å². The number of sulfonamides is 1. The van der Waals surface area contributed by atoms with Gasteiger partial charge in [-0.1, -0.05) is 18.2 Å². The summed E-state index contributed by atoms with van der Waals surface area (Å²) in [5.74, 6) is -0.515. The van der Waals surface area contributed by atoms with E-state index in [1.165, 1.54) is 26.2 Å². The molecule has 1 N–H and O–H groups in total. The number of hydrogen-bond acceptors (Lipinski definition) is 4. The number of anilines is 1. The van der Waals surface area contributed by atoms with Gasteiger partial charge in [0.05, 0.1) is 10.5 Å². The zero-order chi connectivity index (χ0) is 24.7. The summed E-state index contributed by atoms with van der Waals surface area (Å²) in [6.07, 6.45) is -2.94. The van der Waals surface area contributed by atoms with Gasteiger partial charge in [0.1, 0.15) is 23.0 Å². The molecule has 0 fully saturated rings. The van der Waals surface area contributed by atoms with Crippen molar-refractivity contribution in [1.29, 1.82) is 0 Å². The van der Waals surface area contributed by atoms with E-state index >= 15 is 0 Å². The number of fused-ring (bicyclic) bond motifs is 1. The molecule has 2 aromatic carbocycles. The number of hydrogen-bond donors (Lipinski definition) is 1. The van der Waals surface area contributed by atoms with Gasteiger partial charge in [-0.15, -0.1) is 0 Å². The molecule has 2 heterocycles. The predicted octanol–water partition coefficient (Wildman–Crippen LogP) is 5.02. The lowest BCUT2D eigenvalue weighted by Gasteiger charge is -2.13. The average Bonchev–Trinajstić information content (AvgIpc) is 3.15. The van der Waals surface area contributed by atoms with Crippen molar-refractivity contribution < 1.29 is 26.0 Å². The van der Waals surface area contributed by atoms with Crippen molar-refractivity contribution in [3.63, 3.8) is 0 Å². The number of rotatable bonds is 6. The largest absolute Gasteiger partial charge is 0.416 e. The van der Waals surface area contributed by atoms with E-state index in [0.717, 1.165) is 16.4 Å². The summed E-state index contributed by atoms with van der Waals surface area (Å²) in [6, 6.07) is 13.8. The zero-order valence-corrected chi connectivity index (χ0v) is 19.0. The molecule has 2 aromatic heterocycles. The molecule has 6 nitrogen and oxygen atoms in total. The van der Waals surface area contributed by atoms with Gasteiger partial charge in [0, 0.05) is 32.4 Å². The Morgan fingerprint density at radius 1 is 1.03 bits per heavy atom. The number of nitrogens with one attached hydrogen (secondary N) is 1. The Morgan fingerprint density at radius 2 is 1.74 bits per heavy atom. The molecule has 4 rings (SSSR count). The van der Waals surface area contributed by atoms with E-state index in [9.17, 15) is 26.0 Å². The van der Waals surface area contributed by atoms with Crippen LogP contribution < -0.4 is 5.32 Å². The second kappa shape index (κ2) is 8.73. The Balaban J connectivity index is 1.72. The molecule has 0 saturated heterocycles. The molecule has 0 saturated carbocycles. The maximum atomic E-state index is 13.8. The van der Waals surface area contributed by atoms with Gasteiger partial charge >= 0.3 is 6.18 Å². The van der Waals surface area contributed by atoms with Crippen molar-refractivity contribution >= 4 is 21.5 Å². The molecule has 4 aromatic rings. The first kappa shape index (κ1) is 23.7. The monoisotopic (exact) mass is 492 g/mol. The highest BCUT2D eigenvalue weighted by Crippen LogP contribution is 2.32. The molecule has 0 atom stereocenters. The van der Waals surface area contributed by atoms with Crippen LogP contribution in [0.3, 0.4) is 0 Å². The van der Waals surface area contributed by atoms with Gasteiger partial charge < -0.3 is 5.32 Å². The molecule has 0 amide bonds. The van der Waals surface area contributed by atoms with E-state index in [4.69, 9.17) is 0 Å². The van der Waals surface area contributed by atoms with Crippen molar-refractivity contribution in [2.24, 2.45) is 0 Å². The minimum absolute atomic E-state index is 0.0936. The number of nitrogens with zero attached hydrogens (tertiary/aromatic N) is 3. The predicted molar refractivity (Wildman–Crippen MR) is 120 cm³/mol. The normalized spacial score (nSPS) is 12.4. The Kier molecular flexibility index (Phi) is 6.09. The summed E-state index contributed by atoms with van der Waals surface area (Å²) in [4.78, 5) is 4.69. The molecule has 178 valence electrons. The highest BCUT2D eigenvalue weighted by atomic mass is 32.2. The first-order valence-electron chi connectivity index (χ1n) is 10.1. The van der Waals surface area contributed by atoms with Gasteiger partial charge in [0.25, 0.3) is 0 Å². The fourth-order valence-electron chi connectivity index (χ4n) is 3.46. The first-order chi connectivity index (χ1) is 16.0. The quantitative estimate of drug-likeness (QED) is 0.384. The van der Waals surface area contributed by atoms with Crippen LogP contribution in [0.25, 0.3) is 16.9 Å². The van der Waals surface area contributed by atoms with E-state index in [2.05, 4.69) is 10.3 Å². The molecular formula is C23H20F4N4O2S. The second-order valence-corrected chi connectivity index (χ2v) is 9.90. The number of alkyl halides is 3. The molecule has 0 aliphatic carbocycles. The Labute approximate surface area is 193 Å². The topological polar surface area (TPSA) is 66.7 Å². The Morgan fingerprint density at radius 3 is 2.38 bits per heavy atom. The number of halogens is 4. The van der Waals surface area contributed by atoms with Gasteiger partial charge in [0.15, 0.2) is 0 Å². The lowest BCUT2D eigenvalue weighted by atomic mass is 10.1. The number of pyridine rings is 1. The van der Waals surface area contributed by atoms with Crippen molar-refractivity contribution in [1.82, 2.24) is 13.7 Å². The molecule has 0 aliphatic heterocycles. The third-order valence-corrected chi connectivity index (χ3v) is 7.01. The van der Waals surface area contributed by atoms with Crippen molar-refractivity contribution in [3.05, 3.63) is 83.8 Å². The van der Waals surface area contributed by atoms with Crippen LogP contribution in [-0.4, -0.2) is 36.2 Å². The second-order valence-electron chi connectivity index (χ2n) is 7.75. The summed E-state index contributed by atoms with van der Waals surface area (Å²) in [5.41, 5.74) is 0.670. The van der Waals surface area contributed by atoms with Gasteiger partial charge in [-0.2, -0.15) is 13.2 Å². The van der Waals surface area contributed by atoms with Crippen LogP contribution in [0.5, 0.6) is 0 Å². The molecule has 0 spiro atoms. The SMILES string of the molecule is CN(C)S(=O)(=O)c1ccc(-c2nc3ccccn3c2NCc2cc(F)cc(C(F)(F)F)c2)cc1. The van der Waals surface area contributed by atoms with E-state index in [1.54, 1.807) is 40.9 Å². The van der Waals surface area contributed by atoms with Crippen LogP contribution in [-0.2, 0) is 22.7 Å². The van der Waals surface area contributed by atoms with Crippen molar-refractivity contribution in [2.45, 2.75) is 17.6 Å². The van der Waals surface area contributed by atoms with Crippen LogP contribution in [0, 0.1) is 5.82 Å². The van der Waals surface area contributed by atoms with Crippen LogP contribution in [0.1, 0.15) is 11.1 Å².